The Morgan fingerprint density at radius 1 is 1.29 bits per heavy atom. The average Bonchev–Trinajstić information content (AvgIpc) is 2.89. The molecule has 1 aliphatic carbocycles. The van der Waals surface area contributed by atoms with E-state index in [1.54, 1.807) is 12.1 Å². The van der Waals surface area contributed by atoms with E-state index in [1.165, 1.54) is 11.1 Å². The highest BCUT2D eigenvalue weighted by Crippen LogP contribution is 2.31. The summed E-state index contributed by atoms with van der Waals surface area (Å²) in [6.45, 7) is 0.632. The zero-order valence-corrected chi connectivity index (χ0v) is 13.0. The van der Waals surface area contributed by atoms with Gasteiger partial charge in [0.15, 0.2) is 0 Å². The molecule has 0 saturated carbocycles. The standard InChI is InChI=1S/C16H15BrN2O2/c17-14-7-5-11(9-16(14)19(20)21)10-18-15-8-6-12-3-1-2-4-13(12)15/h1-5,7,9,15,18H,6,8,10H2. The molecule has 0 aromatic heterocycles. The van der Waals surface area contributed by atoms with Crippen LogP contribution in [0.5, 0.6) is 0 Å². The number of fused-ring (bicyclic) bond motifs is 1. The van der Waals surface area contributed by atoms with E-state index in [0.29, 0.717) is 17.1 Å². The van der Waals surface area contributed by atoms with Crippen LogP contribution in [0.25, 0.3) is 0 Å². The molecule has 108 valence electrons. The molecule has 0 spiro atoms. The number of halogens is 1. The maximum absolute atomic E-state index is 11.0. The van der Waals surface area contributed by atoms with Crippen molar-refractivity contribution >= 4 is 21.6 Å². The van der Waals surface area contributed by atoms with E-state index < -0.39 is 0 Å². The molecule has 2 aromatic carbocycles. The second-order valence-electron chi connectivity index (χ2n) is 5.21. The molecule has 0 heterocycles. The van der Waals surface area contributed by atoms with Gasteiger partial charge in [-0.25, -0.2) is 0 Å². The molecule has 0 amide bonds. The van der Waals surface area contributed by atoms with Gasteiger partial charge < -0.3 is 5.32 Å². The van der Waals surface area contributed by atoms with Crippen molar-refractivity contribution in [2.24, 2.45) is 0 Å². The van der Waals surface area contributed by atoms with E-state index >= 15 is 0 Å². The van der Waals surface area contributed by atoms with Crippen LogP contribution in [0.4, 0.5) is 5.69 Å². The first-order chi connectivity index (χ1) is 10.1. The Labute approximate surface area is 131 Å². The molecular weight excluding hydrogens is 332 g/mol. The van der Waals surface area contributed by atoms with E-state index in [0.717, 1.165) is 18.4 Å². The highest BCUT2D eigenvalue weighted by Gasteiger charge is 2.21. The van der Waals surface area contributed by atoms with E-state index in [-0.39, 0.29) is 10.6 Å². The molecule has 2 aromatic rings. The molecule has 0 saturated heterocycles. The van der Waals surface area contributed by atoms with Gasteiger partial charge in [0.1, 0.15) is 0 Å². The van der Waals surface area contributed by atoms with E-state index in [4.69, 9.17) is 0 Å². The molecule has 0 aliphatic heterocycles. The fourth-order valence-corrected chi connectivity index (χ4v) is 3.21. The number of nitrogens with zero attached hydrogens (tertiary/aromatic N) is 1. The molecule has 0 fully saturated rings. The fourth-order valence-electron chi connectivity index (χ4n) is 2.82. The fraction of sp³-hybridized carbons (Fsp3) is 0.250. The minimum absolute atomic E-state index is 0.112. The van der Waals surface area contributed by atoms with Crippen molar-refractivity contribution in [3.05, 3.63) is 73.7 Å². The minimum atomic E-state index is -0.363. The average molecular weight is 347 g/mol. The van der Waals surface area contributed by atoms with Gasteiger partial charge in [0.05, 0.1) is 9.40 Å². The topological polar surface area (TPSA) is 55.2 Å². The predicted octanol–water partition coefficient (Wildman–Crippen LogP) is 4.13. The van der Waals surface area contributed by atoms with Crippen molar-refractivity contribution in [1.82, 2.24) is 5.32 Å². The van der Waals surface area contributed by atoms with Crippen molar-refractivity contribution in [2.45, 2.75) is 25.4 Å². The first-order valence-electron chi connectivity index (χ1n) is 6.89. The van der Waals surface area contributed by atoms with Crippen LogP contribution in [0.3, 0.4) is 0 Å². The largest absolute Gasteiger partial charge is 0.306 e. The summed E-state index contributed by atoms with van der Waals surface area (Å²) >= 11 is 3.21. The van der Waals surface area contributed by atoms with Crippen LogP contribution in [-0.4, -0.2) is 4.92 Å². The van der Waals surface area contributed by atoms with Crippen molar-refractivity contribution in [3.8, 4) is 0 Å². The summed E-state index contributed by atoms with van der Waals surface area (Å²) < 4.78 is 0.516. The Hall–Kier alpha value is -1.72. The Morgan fingerprint density at radius 3 is 2.90 bits per heavy atom. The van der Waals surface area contributed by atoms with Crippen molar-refractivity contribution in [2.75, 3.05) is 0 Å². The number of nitro benzene ring substituents is 1. The number of aryl methyl sites for hydroxylation is 1. The Morgan fingerprint density at radius 2 is 2.10 bits per heavy atom. The van der Waals surface area contributed by atoms with Crippen LogP contribution in [-0.2, 0) is 13.0 Å². The first-order valence-corrected chi connectivity index (χ1v) is 7.68. The van der Waals surface area contributed by atoms with Gasteiger partial charge in [-0.15, -0.1) is 0 Å². The second kappa shape index (κ2) is 5.95. The molecule has 21 heavy (non-hydrogen) atoms. The molecule has 1 aliphatic rings. The highest BCUT2D eigenvalue weighted by molar-refractivity contribution is 9.10. The van der Waals surface area contributed by atoms with E-state index in [9.17, 15) is 10.1 Å². The summed E-state index contributed by atoms with van der Waals surface area (Å²) in [5.74, 6) is 0. The molecule has 0 radical (unpaired) electrons. The van der Waals surface area contributed by atoms with Crippen LogP contribution in [0.2, 0.25) is 0 Å². The molecule has 1 unspecified atom stereocenters. The Bertz CT molecular complexity index is 688. The normalized spacial score (nSPS) is 16.7. The van der Waals surface area contributed by atoms with Gasteiger partial charge in [-0.05, 0) is 51.5 Å². The molecule has 5 heteroatoms. The lowest BCUT2D eigenvalue weighted by atomic mass is 10.1. The zero-order chi connectivity index (χ0) is 14.8. The van der Waals surface area contributed by atoms with Gasteiger partial charge >= 0.3 is 0 Å². The quantitative estimate of drug-likeness (QED) is 0.668. The molecule has 4 nitrogen and oxygen atoms in total. The Balaban J connectivity index is 1.72. The highest BCUT2D eigenvalue weighted by atomic mass is 79.9. The van der Waals surface area contributed by atoms with Crippen LogP contribution in [0.15, 0.2) is 46.9 Å². The van der Waals surface area contributed by atoms with Crippen LogP contribution in [0, 0.1) is 10.1 Å². The van der Waals surface area contributed by atoms with E-state index in [1.807, 2.05) is 6.07 Å². The van der Waals surface area contributed by atoms with Gasteiger partial charge in [-0.1, -0.05) is 30.3 Å². The van der Waals surface area contributed by atoms with Crippen molar-refractivity contribution in [1.29, 1.82) is 0 Å². The van der Waals surface area contributed by atoms with E-state index in [2.05, 4.69) is 45.5 Å². The number of nitro groups is 1. The third-order valence-electron chi connectivity index (χ3n) is 3.89. The van der Waals surface area contributed by atoms with Crippen molar-refractivity contribution in [3.63, 3.8) is 0 Å². The van der Waals surface area contributed by atoms with Gasteiger partial charge in [0.2, 0.25) is 0 Å². The summed E-state index contributed by atoms with van der Waals surface area (Å²) in [4.78, 5) is 10.6. The number of benzene rings is 2. The minimum Gasteiger partial charge on any atom is -0.306 e. The van der Waals surface area contributed by atoms with Gasteiger partial charge in [-0.3, -0.25) is 10.1 Å². The van der Waals surface area contributed by atoms with Gasteiger partial charge in [0.25, 0.3) is 5.69 Å². The molecule has 0 bridgehead atoms. The SMILES string of the molecule is O=[N+]([O-])c1cc(CNC2CCc3ccccc32)ccc1Br. The number of hydrogen-bond donors (Lipinski definition) is 1. The molecule has 1 N–H and O–H groups in total. The second-order valence-corrected chi connectivity index (χ2v) is 6.07. The van der Waals surface area contributed by atoms with Crippen molar-refractivity contribution < 1.29 is 4.92 Å². The summed E-state index contributed by atoms with van der Waals surface area (Å²) in [5, 5.41) is 14.5. The first kappa shape index (κ1) is 14.2. The summed E-state index contributed by atoms with van der Waals surface area (Å²) in [5.41, 5.74) is 3.79. The predicted molar refractivity (Wildman–Crippen MR) is 85.1 cm³/mol. The summed E-state index contributed by atoms with van der Waals surface area (Å²) in [6.07, 6.45) is 2.17. The third kappa shape index (κ3) is 2.99. The molecular formula is C16H15BrN2O2. The monoisotopic (exact) mass is 346 g/mol. The summed E-state index contributed by atoms with van der Waals surface area (Å²) in [7, 11) is 0. The maximum atomic E-state index is 11.0. The van der Waals surface area contributed by atoms with Crippen LogP contribution in [0.1, 0.15) is 29.2 Å². The van der Waals surface area contributed by atoms with Gasteiger partial charge in [0, 0.05) is 18.7 Å². The summed E-state index contributed by atoms with van der Waals surface area (Å²) in [6, 6.07) is 14.1. The number of nitrogens with one attached hydrogen (secondary N) is 1. The van der Waals surface area contributed by atoms with Crippen LogP contribution >= 0.6 is 15.9 Å². The smallest absolute Gasteiger partial charge is 0.283 e. The lowest BCUT2D eigenvalue weighted by Gasteiger charge is -2.14. The Kier molecular flexibility index (Phi) is 4.03. The van der Waals surface area contributed by atoms with Gasteiger partial charge in [-0.2, -0.15) is 0 Å². The third-order valence-corrected chi connectivity index (χ3v) is 4.56. The zero-order valence-electron chi connectivity index (χ0n) is 11.4. The number of rotatable bonds is 4. The lowest BCUT2D eigenvalue weighted by Crippen LogP contribution is -2.18. The number of hydrogen-bond acceptors (Lipinski definition) is 3. The molecule has 1 atom stereocenters. The van der Waals surface area contributed by atoms with Crippen LogP contribution < -0.4 is 5.32 Å². The molecule has 3 rings (SSSR count). The lowest BCUT2D eigenvalue weighted by molar-refractivity contribution is -0.385. The maximum Gasteiger partial charge on any atom is 0.283 e.